The summed E-state index contributed by atoms with van der Waals surface area (Å²) in [4.78, 5) is 29.6. The predicted molar refractivity (Wildman–Crippen MR) is 124 cm³/mol. The summed E-state index contributed by atoms with van der Waals surface area (Å²) in [6, 6.07) is 17.5. The van der Waals surface area contributed by atoms with E-state index in [-0.39, 0.29) is 17.9 Å². The van der Waals surface area contributed by atoms with Gasteiger partial charge in [0.2, 0.25) is 5.91 Å². The molecule has 4 rings (SSSR count). The molecule has 2 aliphatic rings. The first kappa shape index (κ1) is 22.3. The number of nitrogens with one attached hydrogen (secondary N) is 2. The highest BCUT2D eigenvalue weighted by Crippen LogP contribution is 2.19. The second-order valence-electron chi connectivity index (χ2n) is 8.46. The summed E-state index contributed by atoms with van der Waals surface area (Å²) < 4.78 is 5.44. The Morgan fingerprint density at radius 1 is 0.938 bits per heavy atom. The second-order valence-corrected chi connectivity index (χ2v) is 8.46. The number of rotatable bonds is 6. The molecule has 170 valence electrons. The molecular formula is C25H32N4O3. The van der Waals surface area contributed by atoms with Gasteiger partial charge in [0.15, 0.2) is 0 Å². The fourth-order valence-corrected chi connectivity index (χ4v) is 4.31. The fourth-order valence-electron chi connectivity index (χ4n) is 4.31. The van der Waals surface area contributed by atoms with Gasteiger partial charge in [-0.2, -0.15) is 0 Å². The molecule has 0 unspecified atom stereocenters. The van der Waals surface area contributed by atoms with E-state index in [0.29, 0.717) is 19.6 Å². The number of benzene rings is 2. The molecule has 0 aromatic heterocycles. The van der Waals surface area contributed by atoms with Gasteiger partial charge in [-0.1, -0.05) is 42.5 Å². The average Bonchev–Trinajstić information content (AvgIpc) is 2.84. The molecular weight excluding hydrogens is 404 g/mol. The zero-order chi connectivity index (χ0) is 22.2. The Morgan fingerprint density at radius 3 is 2.44 bits per heavy atom. The van der Waals surface area contributed by atoms with Gasteiger partial charge in [0.05, 0.1) is 19.1 Å². The van der Waals surface area contributed by atoms with Crippen molar-refractivity contribution in [3.05, 3.63) is 65.7 Å². The van der Waals surface area contributed by atoms with Gasteiger partial charge in [-0.3, -0.25) is 9.69 Å². The minimum atomic E-state index is -0.184. The minimum absolute atomic E-state index is 0.0170. The third-order valence-electron chi connectivity index (χ3n) is 6.17. The van der Waals surface area contributed by atoms with Gasteiger partial charge in [-0.05, 0) is 36.1 Å². The van der Waals surface area contributed by atoms with Crippen LogP contribution in [0.15, 0.2) is 54.6 Å². The summed E-state index contributed by atoms with van der Waals surface area (Å²) in [5.74, 6) is -0.167. The van der Waals surface area contributed by atoms with Crippen molar-refractivity contribution in [2.75, 3.05) is 44.7 Å². The van der Waals surface area contributed by atoms with E-state index in [4.69, 9.17) is 4.74 Å². The number of ether oxygens (including phenoxy) is 1. The van der Waals surface area contributed by atoms with E-state index in [1.165, 1.54) is 5.56 Å². The normalized spacial score (nSPS) is 19.4. The lowest BCUT2D eigenvalue weighted by atomic mass is 9.97. The lowest BCUT2D eigenvalue weighted by Crippen LogP contribution is -2.46. The third kappa shape index (κ3) is 6.08. The molecule has 0 aliphatic carbocycles. The summed E-state index contributed by atoms with van der Waals surface area (Å²) >= 11 is 0. The van der Waals surface area contributed by atoms with Gasteiger partial charge < -0.3 is 20.3 Å². The van der Waals surface area contributed by atoms with Gasteiger partial charge in [0.1, 0.15) is 0 Å². The smallest absolute Gasteiger partial charge is 0.321 e. The number of piperidine rings is 1. The number of morpholine rings is 1. The maximum atomic E-state index is 12.9. The van der Waals surface area contributed by atoms with E-state index in [9.17, 15) is 9.59 Å². The van der Waals surface area contributed by atoms with Crippen LogP contribution in [0.4, 0.5) is 10.5 Å². The van der Waals surface area contributed by atoms with Crippen LogP contribution in [0.25, 0.3) is 0 Å². The molecule has 2 aliphatic heterocycles. The van der Waals surface area contributed by atoms with Gasteiger partial charge >= 0.3 is 6.03 Å². The van der Waals surface area contributed by atoms with Crippen molar-refractivity contribution in [3.63, 3.8) is 0 Å². The molecule has 0 spiro atoms. The lowest BCUT2D eigenvalue weighted by molar-refractivity contribution is -0.126. The van der Waals surface area contributed by atoms with Crippen LogP contribution < -0.4 is 10.6 Å². The molecule has 2 saturated heterocycles. The average molecular weight is 437 g/mol. The number of hydrogen-bond donors (Lipinski definition) is 2. The molecule has 2 heterocycles. The number of anilines is 1. The Morgan fingerprint density at radius 2 is 1.66 bits per heavy atom. The van der Waals surface area contributed by atoms with E-state index in [2.05, 4.69) is 27.7 Å². The van der Waals surface area contributed by atoms with Gasteiger partial charge in [0, 0.05) is 45.0 Å². The van der Waals surface area contributed by atoms with Crippen molar-refractivity contribution in [1.82, 2.24) is 15.1 Å². The maximum Gasteiger partial charge on any atom is 0.321 e. The summed E-state index contributed by atoms with van der Waals surface area (Å²) in [7, 11) is 0. The van der Waals surface area contributed by atoms with Crippen molar-refractivity contribution < 1.29 is 14.3 Å². The number of nitrogens with zero attached hydrogens (tertiary/aromatic N) is 2. The zero-order valence-corrected chi connectivity index (χ0v) is 18.5. The van der Waals surface area contributed by atoms with Crippen LogP contribution in [-0.2, 0) is 22.6 Å². The quantitative estimate of drug-likeness (QED) is 0.730. The van der Waals surface area contributed by atoms with Crippen molar-refractivity contribution in [1.29, 1.82) is 0 Å². The van der Waals surface area contributed by atoms with Gasteiger partial charge in [-0.15, -0.1) is 0 Å². The van der Waals surface area contributed by atoms with Crippen LogP contribution in [-0.4, -0.2) is 61.1 Å². The van der Waals surface area contributed by atoms with Crippen LogP contribution >= 0.6 is 0 Å². The Kier molecular flexibility index (Phi) is 7.74. The van der Waals surface area contributed by atoms with E-state index in [1.54, 1.807) is 4.90 Å². The Labute approximate surface area is 189 Å². The number of amides is 3. The standard InChI is InChI=1S/C25H32N4O3/c30-24(22-9-6-12-29(19-22)25(31)27-23-10-2-1-3-11-23)26-17-20-7-4-5-8-21(20)18-28-13-15-32-16-14-28/h1-5,7-8,10-11,22H,6,9,12-19H2,(H,26,30)(H,27,31)/t22-/m0/s1. The van der Waals surface area contributed by atoms with Crippen LogP contribution in [0.2, 0.25) is 0 Å². The highest BCUT2D eigenvalue weighted by atomic mass is 16.5. The van der Waals surface area contributed by atoms with Gasteiger partial charge in [0.25, 0.3) is 0 Å². The summed E-state index contributed by atoms with van der Waals surface area (Å²) in [6.45, 7) is 5.90. The van der Waals surface area contributed by atoms with E-state index in [0.717, 1.165) is 56.9 Å². The molecule has 2 aromatic rings. The number of urea groups is 1. The van der Waals surface area contributed by atoms with Crippen LogP contribution in [0.3, 0.4) is 0 Å². The Hall–Kier alpha value is -2.90. The molecule has 7 nitrogen and oxygen atoms in total. The highest BCUT2D eigenvalue weighted by Gasteiger charge is 2.28. The second kappa shape index (κ2) is 11.1. The van der Waals surface area contributed by atoms with Crippen molar-refractivity contribution in [3.8, 4) is 0 Å². The molecule has 0 bridgehead atoms. The molecule has 7 heteroatoms. The molecule has 0 radical (unpaired) electrons. The summed E-state index contributed by atoms with van der Waals surface area (Å²) in [5.41, 5.74) is 3.14. The van der Waals surface area contributed by atoms with Gasteiger partial charge in [-0.25, -0.2) is 4.79 Å². The molecule has 32 heavy (non-hydrogen) atoms. The molecule has 2 fully saturated rings. The molecule has 2 aromatic carbocycles. The predicted octanol–water partition coefficient (Wildman–Crippen LogP) is 3.08. The van der Waals surface area contributed by atoms with E-state index in [1.807, 2.05) is 42.5 Å². The first-order valence-electron chi connectivity index (χ1n) is 11.4. The third-order valence-corrected chi connectivity index (χ3v) is 6.17. The number of carbonyl (C=O) groups is 2. The van der Waals surface area contributed by atoms with E-state index >= 15 is 0 Å². The summed E-state index contributed by atoms with van der Waals surface area (Å²) in [6.07, 6.45) is 1.63. The summed E-state index contributed by atoms with van der Waals surface area (Å²) in [5, 5.41) is 6.03. The molecule has 2 N–H and O–H groups in total. The highest BCUT2D eigenvalue weighted by molar-refractivity contribution is 5.90. The number of para-hydroxylation sites is 1. The number of likely N-dealkylation sites (tertiary alicyclic amines) is 1. The Bertz CT molecular complexity index is 899. The maximum absolute atomic E-state index is 12.9. The SMILES string of the molecule is O=C(NCc1ccccc1CN1CCOCC1)[C@H]1CCCN(C(=O)Nc2ccccc2)C1. The molecule has 1 atom stereocenters. The van der Waals surface area contributed by atoms with Crippen molar-refractivity contribution in [2.45, 2.75) is 25.9 Å². The van der Waals surface area contributed by atoms with Crippen LogP contribution in [0.1, 0.15) is 24.0 Å². The van der Waals surface area contributed by atoms with Crippen molar-refractivity contribution >= 4 is 17.6 Å². The molecule has 3 amide bonds. The van der Waals surface area contributed by atoms with Crippen molar-refractivity contribution in [2.24, 2.45) is 5.92 Å². The largest absolute Gasteiger partial charge is 0.379 e. The first-order valence-corrected chi connectivity index (χ1v) is 11.4. The fraction of sp³-hybridized carbons (Fsp3) is 0.440. The topological polar surface area (TPSA) is 73.9 Å². The van der Waals surface area contributed by atoms with Crippen LogP contribution in [0, 0.1) is 5.92 Å². The first-order chi connectivity index (χ1) is 15.7. The van der Waals surface area contributed by atoms with Crippen LogP contribution in [0.5, 0.6) is 0 Å². The minimum Gasteiger partial charge on any atom is -0.379 e. The number of hydrogen-bond acceptors (Lipinski definition) is 4. The monoisotopic (exact) mass is 436 g/mol. The number of carbonyl (C=O) groups excluding carboxylic acids is 2. The van der Waals surface area contributed by atoms with E-state index < -0.39 is 0 Å². The molecule has 0 saturated carbocycles. The zero-order valence-electron chi connectivity index (χ0n) is 18.5. The lowest BCUT2D eigenvalue weighted by Gasteiger charge is -2.32. The Balaban J connectivity index is 1.30.